The third kappa shape index (κ3) is 6.29. The molecule has 1 atom stereocenters. The van der Waals surface area contributed by atoms with E-state index in [0.717, 1.165) is 36.9 Å². The summed E-state index contributed by atoms with van der Waals surface area (Å²) in [6.07, 6.45) is 3.13. The van der Waals surface area contributed by atoms with Crippen LogP contribution in [0.15, 0.2) is 47.5 Å². The van der Waals surface area contributed by atoms with Crippen LogP contribution in [0.3, 0.4) is 0 Å². The van der Waals surface area contributed by atoms with E-state index in [1.165, 1.54) is 18.4 Å². The largest absolute Gasteiger partial charge is 0.508 e. The monoisotopic (exact) mass is 440 g/mol. The summed E-state index contributed by atoms with van der Waals surface area (Å²) in [5.41, 5.74) is 2.05. The maximum atomic E-state index is 10.2. The van der Waals surface area contributed by atoms with Crippen molar-refractivity contribution in [2.24, 2.45) is 4.99 Å². The fraction of sp³-hybridized carbons (Fsp3) is 0.480. The summed E-state index contributed by atoms with van der Waals surface area (Å²) in [6.45, 7) is 6.31. The second-order valence-corrected chi connectivity index (χ2v) is 7.89. The lowest BCUT2D eigenvalue weighted by Crippen LogP contribution is -2.39. The molecule has 0 aliphatic carbocycles. The number of aromatic hydroxyl groups is 1. The van der Waals surface area contributed by atoms with E-state index in [2.05, 4.69) is 34.6 Å². The number of hydrogen-bond acceptors (Lipinski definition) is 5. The quantitative estimate of drug-likeness (QED) is 0.389. The molecule has 1 fully saturated rings. The van der Waals surface area contributed by atoms with Crippen molar-refractivity contribution in [2.75, 3.05) is 46.9 Å². The number of ether oxygens (including phenoxy) is 2. The van der Waals surface area contributed by atoms with Gasteiger partial charge < -0.3 is 25.2 Å². The molecule has 32 heavy (non-hydrogen) atoms. The Morgan fingerprint density at radius 3 is 2.56 bits per heavy atom. The van der Waals surface area contributed by atoms with Crippen LogP contribution in [0.25, 0.3) is 0 Å². The third-order valence-electron chi connectivity index (χ3n) is 5.83. The van der Waals surface area contributed by atoms with Gasteiger partial charge in [0.05, 0.1) is 26.8 Å². The maximum Gasteiger partial charge on any atom is 0.191 e. The first-order valence-electron chi connectivity index (χ1n) is 11.4. The summed E-state index contributed by atoms with van der Waals surface area (Å²) in [7, 11) is 3.32. The van der Waals surface area contributed by atoms with Gasteiger partial charge in [0, 0.05) is 24.7 Å². The Bertz CT molecular complexity index is 881. The average Bonchev–Trinajstić information content (AvgIpc) is 3.35. The number of benzene rings is 2. The molecule has 3 rings (SSSR count). The summed E-state index contributed by atoms with van der Waals surface area (Å²) < 4.78 is 10.8. The van der Waals surface area contributed by atoms with E-state index >= 15 is 0 Å². The van der Waals surface area contributed by atoms with Gasteiger partial charge in [0.1, 0.15) is 17.2 Å². The highest BCUT2D eigenvalue weighted by molar-refractivity contribution is 5.79. The van der Waals surface area contributed by atoms with Gasteiger partial charge in [-0.15, -0.1) is 0 Å². The van der Waals surface area contributed by atoms with Crippen molar-refractivity contribution in [2.45, 2.75) is 32.2 Å². The molecule has 0 bridgehead atoms. The Morgan fingerprint density at radius 2 is 1.88 bits per heavy atom. The fourth-order valence-corrected chi connectivity index (χ4v) is 4.12. The summed E-state index contributed by atoms with van der Waals surface area (Å²) >= 11 is 0. The van der Waals surface area contributed by atoms with Crippen molar-refractivity contribution < 1.29 is 14.6 Å². The lowest BCUT2D eigenvalue weighted by molar-refractivity contribution is 0.245. The molecule has 0 radical (unpaired) electrons. The topological polar surface area (TPSA) is 78.4 Å². The Labute approximate surface area is 191 Å². The minimum absolute atomic E-state index is 0.176. The number of nitrogens with zero attached hydrogens (tertiary/aromatic N) is 2. The van der Waals surface area contributed by atoms with Gasteiger partial charge in [0.2, 0.25) is 0 Å². The molecule has 2 aromatic rings. The van der Waals surface area contributed by atoms with Gasteiger partial charge >= 0.3 is 0 Å². The molecule has 1 unspecified atom stereocenters. The first-order valence-corrected chi connectivity index (χ1v) is 11.4. The summed E-state index contributed by atoms with van der Waals surface area (Å²) in [4.78, 5) is 7.41. The molecule has 0 aromatic heterocycles. The van der Waals surface area contributed by atoms with Crippen LogP contribution in [0.4, 0.5) is 0 Å². The molecule has 0 spiro atoms. The summed E-state index contributed by atoms with van der Waals surface area (Å²) in [6, 6.07) is 13.8. The van der Waals surface area contributed by atoms with Gasteiger partial charge in [-0.25, -0.2) is 0 Å². The number of guanidine groups is 1. The first kappa shape index (κ1) is 23.7. The SMILES string of the molecule is CCNC(=NCC(c1ccccc1OC)N1CCCC1)NCCc1ccc(OC)cc1O. The standard InChI is InChI=1S/C25H36N4O3/c1-4-26-25(27-14-13-19-11-12-20(31-2)17-23(19)30)28-18-22(29-15-7-8-16-29)21-9-5-6-10-24(21)32-3/h5-6,9-12,17,22,30H,4,7-8,13-16,18H2,1-3H3,(H2,26,27,28). The number of hydrogen-bond donors (Lipinski definition) is 3. The number of methoxy groups -OCH3 is 2. The van der Waals surface area contributed by atoms with E-state index in [1.54, 1.807) is 20.3 Å². The van der Waals surface area contributed by atoms with Crippen LogP contribution in [-0.2, 0) is 6.42 Å². The molecule has 174 valence electrons. The van der Waals surface area contributed by atoms with Crippen LogP contribution in [-0.4, -0.2) is 62.9 Å². The number of likely N-dealkylation sites (tertiary alicyclic amines) is 1. The van der Waals surface area contributed by atoms with Crippen molar-refractivity contribution in [1.29, 1.82) is 0 Å². The summed E-state index contributed by atoms with van der Waals surface area (Å²) in [5.74, 6) is 2.59. The minimum Gasteiger partial charge on any atom is -0.508 e. The van der Waals surface area contributed by atoms with Crippen molar-refractivity contribution in [3.05, 3.63) is 53.6 Å². The lowest BCUT2D eigenvalue weighted by atomic mass is 10.0. The van der Waals surface area contributed by atoms with E-state index in [4.69, 9.17) is 14.5 Å². The molecule has 1 aliphatic rings. The van der Waals surface area contributed by atoms with Gasteiger partial charge in [-0.2, -0.15) is 0 Å². The molecule has 0 amide bonds. The Kier molecular flexibility index (Phi) is 9.04. The molecule has 7 heteroatoms. The van der Waals surface area contributed by atoms with Crippen LogP contribution < -0.4 is 20.1 Å². The van der Waals surface area contributed by atoms with Gasteiger partial charge in [0.15, 0.2) is 5.96 Å². The number of nitrogens with one attached hydrogen (secondary N) is 2. The van der Waals surface area contributed by atoms with Crippen LogP contribution in [0.2, 0.25) is 0 Å². The second kappa shape index (κ2) is 12.2. The zero-order valence-corrected chi connectivity index (χ0v) is 19.4. The van der Waals surface area contributed by atoms with E-state index in [1.807, 2.05) is 24.3 Å². The predicted octanol–water partition coefficient (Wildman–Crippen LogP) is 3.34. The molecule has 1 heterocycles. The Hall–Kier alpha value is -2.93. The van der Waals surface area contributed by atoms with Crippen LogP contribution in [0.1, 0.15) is 36.9 Å². The number of aliphatic imine (C=N–C) groups is 1. The van der Waals surface area contributed by atoms with Gasteiger partial charge in [-0.3, -0.25) is 9.89 Å². The van der Waals surface area contributed by atoms with E-state index in [9.17, 15) is 5.11 Å². The Balaban J connectivity index is 1.68. The highest BCUT2D eigenvalue weighted by Gasteiger charge is 2.25. The molecule has 1 aliphatic heterocycles. The molecule has 2 aromatic carbocycles. The number of phenolic OH excluding ortho intramolecular Hbond substituents is 1. The van der Waals surface area contributed by atoms with Crippen molar-refractivity contribution in [3.8, 4) is 17.2 Å². The van der Waals surface area contributed by atoms with Gasteiger partial charge in [-0.05, 0) is 57.0 Å². The molecule has 1 saturated heterocycles. The van der Waals surface area contributed by atoms with Gasteiger partial charge in [-0.1, -0.05) is 24.3 Å². The highest BCUT2D eigenvalue weighted by Crippen LogP contribution is 2.32. The minimum atomic E-state index is 0.176. The van der Waals surface area contributed by atoms with Crippen molar-refractivity contribution in [1.82, 2.24) is 15.5 Å². The molecule has 0 saturated carbocycles. The van der Waals surface area contributed by atoms with Crippen LogP contribution in [0, 0.1) is 0 Å². The van der Waals surface area contributed by atoms with Crippen molar-refractivity contribution in [3.63, 3.8) is 0 Å². The van der Waals surface area contributed by atoms with Crippen molar-refractivity contribution >= 4 is 5.96 Å². The second-order valence-electron chi connectivity index (χ2n) is 7.89. The zero-order valence-electron chi connectivity index (χ0n) is 19.4. The normalized spacial score (nSPS) is 15.4. The molecular formula is C25H36N4O3. The van der Waals surface area contributed by atoms with Gasteiger partial charge in [0.25, 0.3) is 0 Å². The smallest absolute Gasteiger partial charge is 0.191 e. The number of para-hydroxylation sites is 1. The predicted molar refractivity (Wildman–Crippen MR) is 129 cm³/mol. The molecule has 7 nitrogen and oxygen atoms in total. The molecule has 3 N–H and O–H groups in total. The number of phenols is 1. The Morgan fingerprint density at radius 1 is 1.09 bits per heavy atom. The van der Waals surface area contributed by atoms with E-state index < -0.39 is 0 Å². The van der Waals surface area contributed by atoms with E-state index in [0.29, 0.717) is 25.3 Å². The first-order chi connectivity index (χ1) is 15.7. The zero-order chi connectivity index (χ0) is 22.8. The van der Waals surface area contributed by atoms with Crippen LogP contribution in [0.5, 0.6) is 17.2 Å². The molecular weight excluding hydrogens is 404 g/mol. The van der Waals surface area contributed by atoms with E-state index in [-0.39, 0.29) is 11.8 Å². The van der Waals surface area contributed by atoms with Crippen LogP contribution >= 0.6 is 0 Å². The summed E-state index contributed by atoms with van der Waals surface area (Å²) in [5, 5.41) is 16.9. The third-order valence-corrected chi connectivity index (χ3v) is 5.83. The average molecular weight is 441 g/mol. The maximum absolute atomic E-state index is 10.2. The fourth-order valence-electron chi connectivity index (χ4n) is 4.12. The highest BCUT2D eigenvalue weighted by atomic mass is 16.5. The number of rotatable bonds is 10. The lowest BCUT2D eigenvalue weighted by Gasteiger charge is -2.28.